The van der Waals surface area contributed by atoms with Crippen LogP contribution in [0.2, 0.25) is 10.0 Å². The summed E-state index contributed by atoms with van der Waals surface area (Å²) in [7, 11) is 1.83. The van der Waals surface area contributed by atoms with E-state index in [-0.39, 0.29) is 18.3 Å². The van der Waals surface area contributed by atoms with Gasteiger partial charge in [-0.1, -0.05) is 35.0 Å². The summed E-state index contributed by atoms with van der Waals surface area (Å²) in [4.78, 5) is 14.7. The van der Waals surface area contributed by atoms with E-state index in [1.54, 1.807) is 22.8 Å². The maximum Gasteiger partial charge on any atom is 0.234 e. The van der Waals surface area contributed by atoms with Crippen molar-refractivity contribution >= 4 is 52.2 Å². The monoisotopic (exact) mass is 507 g/mol. The summed E-state index contributed by atoms with van der Waals surface area (Å²) in [6.07, 6.45) is 0. The standard InChI is InChI=1S/C22H23Cl2N5O3S/c1-28-20(13-32-19-7-2-15(23)12-18(19)24)26-27-22(28)33-14-21(30)25-16-3-5-17(6-4-16)29-8-10-31-11-9-29/h2-7,12H,8-11,13-14H2,1H3,(H,25,30). The van der Waals surface area contributed by atoms with Gasteiger partial charge in [0.15, 0.2) is 11.0 Å². The summed E-state index contributed by atoms with van der Waals surface area (Å²) in [5.74, 6) is 1.22. The molecule has 0 atom stereocenters. The number of aromatic nitrogens is 3. The van der Waals surface area contributed by atoms with Crippen LogP contribution in [0.4, 0.5) is 11.4 Å². The minimum Gasteiger partial charge on any atom is -0.484 e. The highest BCUT2D eigenvalue weighted by Gasteiger charge is 2.14. The van der Waals surface area contributed by atoms with E-state index < -0.39 is 0 Å². The molecule has 3 aromatic rings. The van der Waals surface area contributed by atoms with Crippen LogP contribution in [0.25, 0.3) is 0 Å². The van der Waals surface area contributed by atoms with E-state index in [0.29, 0.717) is 26.8 Å². The number of amides is 1. The van der Waals surface area contributed by atoms with Gasteiger partial charge in [0.1, 0.15) is 12.4 Å². The number of carbonyl (C=O) groups is 1. The first-order valence-corrected chi connectivity index (χ1v) is 12.1. The topological polar surface area (TPSA) is 81.5 Å². The van der Waals surface area contributed by atoms with Crippen LogP contribution in [0.3, 0.4) is 0 Å². The van der Waals surface area contributed by atoms with E-state index in [1.165, 1.54) is 11.8 Å². The van der Waals surface area contributed by atoms with E-state index in [9.17, 15) is 4.79 Å². The zero-order valence-corrected chi connectivity index (χ0v) is 20.3. The zero-order valence-electron chi connectivity index (χ0n) is 18.0. The van der Waals surface area contributed by atoms with E-state index in [4.69, 9.17) is 32.7 Å². The van der Waals surface area contributed by atoms with Gasteiger partial charge in [-0.3, -0.25) is 4.79 Å². The third kappa shape index (κ3) is 6.32. The summed E-state index contributed by atoms with van der Waals surface area (Å²) < 4.78 is 12.9. The molecule has 1 aromatic heterocycles. The number of halogens is 2. The minimum absolute atomic E-state index is 0.118. The van der Waals surface area contributed by atoms with Crippen molar-refractivity contribution < 1.29 is 14.3 Å². The van der Waals surface area contributed by atoms with Gasteiger partial charge in [-0.25, -0.2) is 0 Å². The Morgan fingerprint density at radius 3 is 2.64 bits per heavy atom. The SMILES string of the molecule is Cn1c(COc2ccc(Cl)cc2Cl)nnc1SCC(=O)Nc1ccc(N2CCOCC2)cc1. The predicted molar refractivity (Wildman–Crippen MR) is 131 cm³/mol. The number of ether oxygens (including phenoxy) is 2. The summed E-state index contributed by atoms with van der Waals surface area (Å²) >= 11 is 13.3. The molecule has 1 saturated heterocycles. The van der Waals surface area contributed by atoms with Crippen molar-refractivity contribution in [2.24, 2.45) is 7.05 Å². The molecule has 33 heavy (non-hydrogen) atoms. The van der Waals surface area contributed by atoms with Crippen LogP contribution in [0.5, 0.6) is 5.75 Å². The summed E-state index contributed by atoms with van der Waals surface area (Å²) in [6.45, 7) is 3.41. The van der Waals surface area contributed by atoms with Crippen molar-refractivity contribution in [3.63, 3.8) is 0 Å². The fourth-order valence-corrected chi connectivity index (χ4v) is 4.43. The molecule has 1 aliphatic rings. The van der Waals surface area contributed by atoms with Crippen LogP contribution in [0.1, 0.15) is 5.82 Å². The van der Waals surface area contributed by atoms with E-state index in [0.717, 1.165) is 37.7 Å². The van der Waals surface area contributed by atoms with Crippen molar-refractivity contribution in [1.29, 1.82) is 0 Å². The Kier molecular flexibility index (Phi) is 7.97. The second kappa shape index (κ2) is 11.1. The highest BCUT2D eigenvalue weighted by atomic mass is 35.5. The molecular weight excluding hydrogens is 485 g/mol. The third-order valence-electron chi connectivity index (χ3n) is 5.04. The minimum atomic E-state index is -0.118. The van der Waals surface area contributed by atoms with E-state index >= 15 is 0 Å². The number of hydrogen-bond acceptors (Lipinski definition) is 7. The van der Waals surface area contributed by atoms with Crippen LogP contribution in [-0.2, 0) is 23.2 Å². The molecule has 2 heterocycles. The molecule has 0 aliphatic carbocycles. The summed E-state index contributed by atoms with van der Waals surface area (Å²) in [5, 5.41) is 12.8. The maximum absolute atomic E-state index is 12.4. The summed E-state index contributed by atoms with van der Waals surface area (Å²) in [5.41, 5.74) is 1.88. The fraction of sp³-hybridized carbons (Fsp3) is 0.318. The molecule has 0 bridgehead atoms. The lowest BCUT2D eigenvalue weighted by atomic mass is 10.2. The van der Waals surface area contributed by atoms with Gasteiger partial charge in [-0.05, 0) is 42.5 Å². The smallest absolute Gasteiger partial charge is 0.234 e. The van der Waals surface area contributed by atoms with Crippen LogP contribution < -0.4 is 15.0 Å². The molecule has 0 saturated carbocycles. The first kappa shape index (κ1) is 23.7. The number of morpholine rings is 1. The Morgan fingerprint density at radius 1 is 1.15 bits per heavy atom. The number of anilines is 2. The average molecular weight is 508 g/mol. The Balaban J connectivity index is 1.26. The van der Waals surface area contributed by atoms with Gasteiger partial charge in [-0.15, -0.1) is 10.2 Å². The lowest BCUT2D eigenvalue weighted by Gasteiger charge is -2.28. The normalized spacial score (nSPS) is 13.7. The molecule has 0 radical (unpaired) electrons. The van der Waals surface area contributed by atoms with E-state index in [1.807, 2.05) is 31.3 Å². The molecule has 1 amide bonds. The number of carbonyl (C=O) groups excluding carboxylic acids is 1. The van der Waals surface area contributed by atoms with Crippen LogP contribution in [0, 0.1) is 0 Å². The van der Waals surface area contributed by atoms with Gasteiger partial charge in [0, 0.05) is 36.5 Å². The first-order chi connectivity index (χ1) is 16.0. The Labute approximate surface area is 206 Å². The molecule has 1 N–H and O–H groups in total. The summed E-state index contributed by atoms with van der Waals surface area (Å²) in [6, 6.07) is 12.9. The van der Waals surface area contributed by atoms with Crippen molar-refractivity contribution in [1.82, 2.24) is 14.8 Å². The molecule has 0 unspecified atom stereocenters. The number of rotatable bonds is 8. The van der Waals surface area contributed by atoms with E-state index in [2.05, 4.69) is 20.4 Å². The second-order valence-electron chi connectivity index (χ2n) is 7.30. The average Bonchev–Trinajstić information content (AvgIpc) is 3.17. The van der Waals surface area contributed by atoms with Gasteiger partial charge in [-0.2, -0.15) is 0 Å². The van der Waals surface area contributed by atoms with Gasteiger partial charge >= 0.3 is 0 Å². The molecular formula is C22H23Cl2N5O3S. The lowest BCUT2D eigenvalue weighted by Crippen LogP contribution is -2.36. The largest absolute Gasteiger partial charge is 0.484 e. The zero-order chi connectivity index (χ0) is 23.2. The number of benzene rings is 2. The second-order valence-corrected chi connectivity index (χ2v) is 9.09. The van der Waals surface area contributed by atoms with Crippen LogP contribution in [-0.4, -0.2) is 52.7 Å². The van der Waals surface area contributed by atoms with Crippen molar-refractivity contribution in [3.05, 3.63) is 58.3 Å². The molecule has 0 spiro atoms. The Morgan fingerprint density at radius 2 is 1.91 bits per heavy atom. The highest BCUT2D eigenvalue weighted by molar-refractivity contribution is 7.99. The molecule has 174 valence electrons. The van der Waals surface area contributed by atoms with Crippen LogP contribution in [0.15, 0.2) is 47.6 Å². The molecule has 2 aromatic carbocycles. The Hall–Kier alpha value is -2.46. The van der Waals surface area contributed by atoms with Crippen molar-refractivity contribution in [3.8, 4) is 5.75 Å². The lowest BCUT2D eigenvalue weighted by molar-refractivity contribution is -0.113. The predicted octanol–water partition coefficient (Wildman–Crippen LogP) is 4.27. The number of nitrogens with zero attached hydrogens (tertiary/aromatic N) is 4. The number of hydrogen-bond donors (Lipinski definition) is 1. The molecule has 11 heteroatoms. The van der Waals surface area contributed by atoms with Crippen LogP contribution >= 0.6 is 35.0 Å². The van der Waals surface area contributed by atoms with Gasteiger partial charge in [0.05, 0.1) is 24.0 Å². The van der Waals surface area contributed by atoms with Crippen molar-refractivity contribution in [2.45, 2.75) is 11.8 Å². The van der Waals surface area contributed by atoms with Gasteiger partial charge in [0.2, 0.25) is 5.91 Å². The first-order valence-electron chi connectivity index (χ1n) is 10.3. The van der Waals surface area contributed by atoms with Gasteiger partial charge < -0.3 is 24.3 Å². The quantitative estimate of drug-likeness (QED) is 0.456. The molecule has 1 fully saturated rings. The molecule has 4 rings (SSSR count). The maximum atomic E-state index is 12.4. The highest BCUT2D eigenvalue weighted by Crippen LogP contribution is 2.28. The Bertz CT molecular complexity index is 1100. The molecule has 1 aliphatic heterocycles. The third-order valence-corrected chi connectivity index (χ3v) is 6.59. The fourth-order valence-electron chi connectivity index (χ4n) is 3.24. The molecule has 8 nitrogen and oxygen atoms in total. The number of nitrogens with one attached hydrogen (secondary N) is 1. The number of thioether (sulfide) groups is 1. The van der Waals surface area contributed by atoms with Gasteiger partial charge in [0.25, 0.3) is 0 Å². The van der Waals surface area contributed by atoms with Crippen molar-refractivity contribution in [2.75, 3.05) is 42.3 Å².